The van der Waals surface area contributed by atoms with E-state index in [9.17, 15) is 5.11 Å². The van der Waals surface area contributed by atoms with Crippen molar-refractivity contribution in [3.05, 3.63) is 30.1 Å². The van der Waals surface area contributed by atoms with Gasteiger partial charge in [0.15, 0.2) is 0 Å². The number of anilines is 2. The van der Waals surface area contributed by atoms with Crippen LogP contribution in [0.4, 0.5) is 11.8 Å². The number of nitrogens with zero attached hydrogens (tertiary/aromatic N) is 3. The normalized spacial score (nSPS) is 19.3. The van der Waals surface area contributed by atoms with Gasteiger partial charge in [-0.2, -0.15) is 4.98 Å². The molecular weight excluding hydrogens is 390 g/mol. The first-order valence-corrected chi connectivity index (χ1v) is 11.7. The molecule has 3 N–H and O–H groups in total. The standard InChI is InChI=1S/C24H37N5O2/c1-4-5-13-25-24-27-15-21(22-12-9-18(14-26-22)16-31-17(2)3)23(29-24)28-19-7-6-8-20(30)11-10-19/h9,12,14-15,17,19-20,30H,4-8,10-11,13,16H2,1-3H3,(H2,25,27,28,29). The monoisotopic (exact) mass is 427 g/mol. The largest absolute Gasteiger partial charge is 0.393 e. The summed E-state index contributed by atoms with van der Waals surface area (Å²) in [6, 6.07) is 4.33. The molecule has 2 aromatic rings. The fourth-order valence-electron chi connectivity index (χ4n) is 3.69. The van der Waals surface area contributed by atoms with Crippen molar-refractivity contribution in [2.45, 2.75) is 90.6 Å². The van der Waals surface area contributed by atoms with Crippen LogP contribution in [0.3, 0.4) is 0 Å². The van der Waals surface area contributed by atoms with Crippen molar-refractivity contribution in [3.8, 4) is 11.3 Å². The lowest BCUT2D eigenvalue weighted by Gasteiger charge is -2.20. The molecule has 2 atom stereocenters. The molecule has 0 aromatic carbocycles. The summed E-state index contributed by atoms with van der Waals surface area (Å²) in [4.78, 5) is 14.0. The Morgan fingerprint density at radius 3 is 2.74 bits per heavy atom. The molecule has 31 heavy (non-hydrogen) atoms. The number of rotatable bonds is 10. The Morgan fingerprint density at radius 1 is 1.13 bits per heavy atom. The van der Waals surface area contributed by atoms with Crippen LogP contribution in [0.2, 0.25) is 0 Å². The molecule has 0 aliphatic heterocycles. The van der Waals surface area contributed by atoms with Crippen LogP contribution >= 0.6 is 0 Å². The Bertz CT molecular complexity index is 797. The van der Waals surface area contributed by atoms with Gasteiger partial charge in [0.05, 0.1) is 30.1 Å². The molecule has 0 bridgehead atoms. The molecule has 1 aliphatic carbocycles. The first-order chi connectivity index (χ1) is 15.0. The number of unbranched alkanes of at least 4 members (excludes halogenated alkanes) is 1. The highest BCUT2D eigenvalue weighted by Gasteiger charge is 2.20. The van der Waals surface area contributed by atoms with Gasteiger partial charge in [0.2, 0.25) is 5.95 Å². The van der Waals surface area contributed by atoms with Crippen LogP contribution in [0.25, 0.3) is 11.3 Å². The second-order valence-electron chi connectivity index (χ2n) is 8.65. The van der Waals surface area contributed by atoms with Gasteiger partial charge in [0.25, 0.3) is 0 Å². The van der Waals surface area contributed by atoms with Gasteiger partial charge in [-0.05, 0) is 64.0 Å². The Kier molecular flexibility index (Phi) is 9.03. The molecule has 3 rings (SSSR count). The third kappa shape index (κ3) is 7.43. The quantitative estimate of drug-likeness (QED) is 0.371. The molecule has 7 heteroatoms. The summed E-state index contributed by atoms with van der Waals surface area (Å²) in [6.07, 6.45) is 10.6. The topological polar surface area (TPSA) is 92.2 Å². The van der Waals surface area contributed by atoms with Gasteiger partial charge in [-0.3, -0.25) is 4.98 Å². The van der Waals surface area contributed by atoms with Gasteiger partial charge in [-0.25, -0.2) is 4.98 Å². The van der Waals surface area contributed by atoms with Crippen molar-refractivity contribution in [2.75, 3.05) is 17.2 Å². The Morgan fingerprint density at radius 2 is 2.00 bits per heavy atom. The number of hydrogen-bond acceptors (Lipinski definition) is 7. The lowest BCUT2D eigenvalue weighted by Crippen LogP contribution is -2.21. The second kappa shape index (κ2) is 12.0. The van der Waals surface area contributed by atoms with E-state index in [0.29, 0.717) is 12.6 Å². The van der Waals surface area contributed by atoms with Gasteiger partial charge >= 0.3 is 0 Å². The molecule has 0 saturated heterocycles. The third-order valence-corrected chi connectivity index (χ3v) is 5.57. The van der Waals surface area contributed by atoms with E-state index in [1.165, 1.54) is 0 Å². The maximum atomic E-state index is 9.99. The van der Waals surface area contributed by atoms with E-state index < -0.39 is 0 Å². The van der Waals surface area contributed by atoms with Gasteiger partial charge in [-0.1, -0.05) is 19.4 Å². The van der Waals surface area contributed by atoms with E-state index in [1.807, 2.05) is 38.4 Å². The van der Waals surface area contributed by atoms with Crippen molar-refractivity contribution in [2.24, 2.45) is 0 Å². The highest BCUT2D eigenvalue weighted by Crippen LogP contribution is 2.28. The SMILES string of the molecule is CCCCNc1ncc(-c2ccc(COC(C)C)cn2)c(NC2CCCC(O)CC2)n1. The van der Waals surface area contributed by atoms with Crippen LogP contribution in [0.5, 0.6) is 0 Å². The lowest BCUT2D eigenvalue weighted by molar-refractivity contribution is 0.0655. The fourth-order valence-corrected chi connectivity index (χ4v) is 3.69. The molecule has 2 unspecified atom stereocenters. The average molecular weight is 428 g/mol. The molecule has 1 aliphatic rings. The molecule has 0 amide bonds. The van der Waals surface area contributed by atoms with Gasteiger partial charge in [-0.15, -0.1) is 0 Å². The Hall–Kier alpha value is -2.25. The summed E-state index contributed by atoms with van der Waals surface area (Å²) < 4.78 is 5.67. The highest BCUT2D eigenvalue weighted by molar-refractivity contribution is 5.72. The van der Waals surface area contributed by atoms with Crippen LogP contribution in [0, 0.1) is 0 Å². The number of aliphatic hydroxyl groups excluding tert-OH is 1. The number of hydrogen-bond donors (Lipinski definition) is 3. The number of pyridine rings is 1. The fraction of sp³-hybridized carbons (Fsp3) is 0.625. The van der Waals surface area contributed by atoms with Gasteiger partial charge < -0.3 is 20.5 Å². The van der Waals surface area contributed by atoms with Crippen LogP contribution in [-0.4, -0.2) is 44.9 Å². The van der Waals surface area contributed by atoms with Crippen molar-refractivity contribution in [3.63, 3.8) is 0 Å². The van der Waals surface area contributed by atoms with E-state index in [1.54, 1.807) is 0 Å². The summed E-state index contributed by atoms with van der Waals surface area (Å²) >= 11 is 0. The van der Waals surface area contributed by atoms with Crippen LogP contribution < -0.4 is 10.6 Å². The van der Waals surface area contributed by atoms with Crippen molar-refractivity contribution in [1.29, 1.82) is 0 Å². The molecule has 2 aromatic heterocycles. The number of nitrogens with one attached hydrogen (secondary N) is 2. The lowest BCUT2D eigenvalue weighted by atomic mass is 10.1. The predicted molar refractivity (Wildman–Crippen MR) is 125 cm³/mol. The molecule has 0 spiro atoms. The number of ether oxygens (including phenoxy) is 1. The minimum absolute atomic E-state index is 0.190. The Labute approximate surface area is 186 Å². The van der Waals surface area contributed by atoms with E-state index in [0.717, 1.165) is 74.1 Å². The Balaban J connectivity index is 1.80. The average Bonchev–Trinajstić information content (AvgIpc) is 2.97. The van der Waals surface area contributed by atoms with E-state index in [2.05, 4.69) is 27.5 Å². The van der Waals surface area contributed by atoms with Crippen LogP contribution in [-0.2, 0) is 11.3 Å². The number of aromatic nitrogens is 3. The van der Waals surface area contributed by atoms with Gasteiger partial charge in [0, 0.05) is 25.0 Å². The number of aliphatic hydroxyl groups is 1. The zero-order valence-electron chi connectivity index (χ0n) is 19.1. The molecule has 1 fully saturated rings. The summed E-state index contributed by atoms with van der Waals surface area (Å²) in [5, 5.41) is 16.9. The smallest absolute Gasteiger partial charge is 0.224 e. The van der Waals surface area contributed by atoms with Crippen LogP contribution in [0.15, 0.2) is 24.5 Å². The molecule has 170 valence electrons. The summed E-state index contributed by atoms with van der Waals surface area (Å²) in [6.45, 7) is 7.63. The maximum Gasteiger partial charge on any atom is 0.224 e. The zero-order valence-corrected chi connectivity index (χ0v) is 19.1. The summed E-state index contributed by atoms with van der Waals surface area (Å²) in [7, 11) is 0. The molecule has 1 saturated carbocycles. The second-order valence-corrected chi connectivity index (χ2v) is 8.65. The molecule has 2 heterocycles. The minimum Gasteiger partial charge on any atom is -0.393 e. The minimum atomic E-state index is -0.190. The predicted octanol–water partition coefficient (Wildman–Crippen LogP) is 4.78. The third-order valence-electron chi connectivity index (χ3n) is 5.57. The van der Waals surface area contributed by atoms with Crippen LogP contribution in [0.1, 0.15) is 71.3 Å². The molecular formula is C24H37N5O2. The highest BCUT2D eigenvalue weighted by atomic mass is 16.5. The molecule has 0 radical (unpaired) electrons. The van der Waals surface area contributed by atoms with Crippen molar-refractivity contribution < 1.29 is 9.84 Å². The van der Waals surface area contributed by atoms with E-state index in [-0.39, 0.29) is 18.2 Å². The first kappa shape index (κ1) is 23.4. The first-order valence-electron chi connectivity index (χ1n) is 11.7. The van der Waals surface area contributed by atoms with Crippen molar-refractivity contribution in [1.82, 2.24) is 15.0 Å². The van der Waals surface area contributed by atoms with E-state index in [4.69, 9.17) is 9.72 Å². The van der Waals surface area contributed by atoms with E-state index >= 15 is 0 Å². The molecule has 7 nitrogen and oxygen atoms in total. The zero-order chi connectivity index (χ0) is 22.1. The summed E-state index contributed by atoms with van der Waals surface area (Å²) in [5.74, 6) is 1.43. The maximum absolute atomic E-state index is 9.99. The summed E-state index contributed by atoms with van der Waals surface area (Å²) in [5.41, 5.74) is 2.77. The van der Waals surface area contributed by atoms with Crippen molar-refractivity contribution >= 4 is 11.8 Å². The van der Waals surface area contributed by atoms with Gasteiger partial charge in [0.1, 0.15) is 5.82 Å².